The van der Waals surface area contributed by atoms with Gasteiger partial charge in [0.05, 0.1) is 39.9 Å². The van der Waals surface area contributed by atoms with Gasteiger partial charge in [0.15, 0.2) is 0 Å². The van der Waals surface area contributed by atoms with Gasteiger partial charge in [-0.15, -0.1) is 0 Å². The lowest BCUT2D eigenvalue weighted by atomic mass is 10.0. The minimum absolute atomic E-state index is 0.0599. The van der Waals surface area contributed by atoms with E-state index in [2.05, 4.69) is 43.5 Å². The van der Waals surface area contributed by atoms with Crippen molar-refractivity contribution in [2.75, 3.05) is 40.9 Å². The van der Waals surface area contributed by atoms with E-state index in [1.54, 1.807) is 6.08 Å². The number of quaternary nitrogens is 1. The highest BCUT2D eigenvalue weighted by atomic mass is 31.2. The minimum Gasteiger partial charge on any atom is -0.387 e. The van der Waals surface area contributed by atoms with Gasteiger partial charge in [-0.1, -0.05) is 159 Å². The minimum atomic E-state index is -4.31. The van der Waals surface area contributed by atoms with E-state index in [9.17, 15) is 19.4 Å². The van der Waals surface area contributed by atoms with Crippen LogP contribution in [0.25, 0.3) is 0 Å². The van der Waals surface area contributed by atoms with Crippen LogP contribution in [0.2, 0.25) is 0 Å². The van der Waals surface area contributed by atoms with Gasteiger partial charge in [0, 0.05) is 6.42 Å². The van der Waals surface area contributed by atoms with E-state index in [0.29, 0.717) is 17.4 Å². The van der Waals surface area contributed by atoms with Crippen molar-refractivity contribution in [3.8, 4) is 0 Å². The number of rotatable bonds is 37. The molecule has 3 N–H and O–H groups in total. The largest absolute Gasteiger partial charge is 0.472 e. The van der Waals surface area contributed by atoms with E-state index in [1.807, 2.05) is 27.2 Å². The molecule has 300 valence electrons. The van der Waals surface area contributed by atoms with Gasteiger partial charge in [-0.05, 0) is 44.9 Å². The lowest BCUT2D eigenvalue weighted by molar-refractivity contribution is -0.870. The van der Waals surface area contributed by atoms with Gasteiger partial charge in [-0.25, -0.2) is 4.57 Å². The van der Waals surface area contributed by atoms with Crippen molar-refractivity contribution in [3.63, 3.8) is 0 Å². The first-order valence-corrected chi connectivity index (χ1v) is 22.4. The van der Waals surface area contributed by atoms with E-state index in [0.717, 1.165) is 44.9 Å². The molecular weight excluding hydrogens is 659 g/mol. The Morgan fingerprint density at radius 3 is 1.65 bits per heavy atom. The number of likely N-dealkylation sites (N-methyl/N-ethyl adjacent to an activating group) is 1. The van der Waals surface area contributed by atoms with Crippen LogP contribution >= 0.6 is 7.82 Å². The Labute approximate surface area is 315 Å². The summed E-state index contributed by atoms with van der Waals surface area (Å²) in [6, 6.07) is -0.841. The Hall–Kier alpha value is -1.28. The molecule has 0 aliphatic rings. The van der Waals surface area contributed by atoms with Crippen LogP contribution in [0.3, 0.4) is 0 Å². The predicted octanol–water partition coefficient (Wildman–Crippen LogP) is 11.1. The molecule has 0 aliphatic carbocycles. The number of phosphoric ester groups is 1. The number of nitrogens with one attached hydrogen (secondary N) is 1. The van der Waals surface area contributed by atoms with Crippen LogP contribution in [0.4, 0.5) is 0 Å². The number of hydrogen-bond acceptors (Lipinski definition) is 5. The third-order valence-corrected chi connectivity index (χ3v) is 10.1. The summed E-state index contributed by atoms with van der Waals surface area (Å²) >= 11 is 0. The molecule has 0 aromatic carbocycles. The molecule has 0 aromatic rings. The number of carbonyl (C=O) groups excluding carboxylic acids is 1. The standard InChI is InChI=1S/C42H81N2O6P/c1-6-8-10-12-13-14-15-16-17-18-19-20-21-22-23-24-25-26-27-28-29-30-31-32-34-36-42(46)43-40(41(45)35-33-11-9-7-2)39-50-51(47,48)49-38-37-44(3,4)5/h15-16,18-19,33,35,40-41,45H,6-14,17,20-32,34,36-39H2,1-5H3,(H-,43,46,47,48)/p+1/b16-15-,19-18-,35-33+. The molecule has 3 unspecified atom stereocenters. The third-order valence-electron chi connectivity index (χ3n) is 9.10. The smallest absolute Gasteiger partial charge is 0.387 e. The zero-order chi connectivity index (χ0) is 37.9. The Balaban J connectivity index is 3.97. The summed E-state index contributed by atoms with van der Waals surface area (Å²) in [5.74, 6) is -0.189. The Kier molecular flexibility index (Phi) is 33.6. The summed E-state index contributed by atoms with van der Waals surface area (Å²) in [4.78, 5) is 22.8. The maximum atomic E-state index is 12.7. The highest BCUT2D eigenvalue weighted by Crippen LogP contribution is 2.43. The normalized spacial score (nSPS) is 14.9. The Bertz CT molecular complexity index is 933. The van der Waals surface area contributed by atoms with Crippen molar-refractivity contribution >= 4 is 13.7 Å². The molecule has 0 radical (unpaired) electrons. The molecule has 0 spiro atoms. The second kappa shape index (κ2) is 34.5. The van der Waals surface area contributed by atoms with Crippen LogP contribution in [-0.4, -0.2) is 73.4 Å². The van der Waals surface area contributed by atoms with Crippen LogP contribution in [-0.2, 0) is 18.4 Å². The van der Waals surface area contributed by atoms with Crippen molar-refractivity contribution in [2.24, 2.45) is 0 Å². The molecule has 0 aliphatic heterocycles. The quantitative estimate of drug-likeness (QED) is 0.0253. The van der Waals surface area contributed by atoms with Crippen molar-refractivity contribution < 1.29 is 32.9 Å². The molecule has 0 aromatic heterocycles. The molecule has 51 heavy (non-hydrogen) atoms. The first kappa shape index (κ1) is 49.7. The fraction of sp³-hybridized carbons (Fsp3) is 0.833. The zero-order valence-corrected chi connectivity index (χ0v) is 34.7. The van der Waals surface area contributed by atoms with Crippen LogP contribution < -0.4 is 5.32 Å². The van der Waals surface area contributed by atoms with Gasteiger partial charge in [0.1, 0.15) is 13.2 Å². The van der Waals surface area contributed by atoms with Gasteiger partial charge >= 0.3 is 7.82 Å². The van der Waals surface area contributed by atoms with Gasteiger partial charge in [0.25, 0.3) is 0 Å². The molecule has 1 amide bonds. The Morgan fingerprint density at radius 2 is 1.14 bits per heavy atom. The summed E-state index contributed by atoms with van der Waals surface area (Å²) in [6.07, 6.45) is 41.4. The molecule has 8 nitrogen and oxygen atoms in total. The van der Waals surface area contributed by atoms with E-state index in [-0.39, 0.29) is 19.1 Å². The zero-order valence-electron chi connectivity index (χ0n) is 33.8. The molecular formula is C42H82N2O6P+. The maximum Gasteiger partial charge on any atom is 0.472 e. The molecule has 0 saturated carbocycles. The fourth-order valence-electron chi connectivity index (χ4n) is 5.70. The van der Waals surface area contributed by atoms with Crippen LogP contribution in [0.15, 0.2) is 36.5 Å². The third kappa shape index (κ3) is 36.9. The molecule has 0 bridgehead atoms. The van der Waals surface area contributed by atoms with Crippen LogP contribution in [0.1, 0.15) is 174 Å². The lowest BCUT2D eigenvalue weighted by Crippen LogP contribution is -2.45. The van der Waals surface area contributed by atoms with Gasteiger partial charge in [0.2, 0.25) is 5.91 Å². The van der Waals surface area contributed by atoms with Crippen molar-refractivity contribution in [1.82, 2.24) is 5.32 Å². The highest BCUT2D eigenvalue weighted by Gasteiger charge is 2.27. The Morgan fingerprint density at radius 1 is 0.667 bits per heavy atom. The molecule has 0 rings (SSSR count). The number of amides is 1. The second-order valence-electron chi connectivity index (χ2n) is 15.4. The number of hydrogen-bond donors (Lipinski definition) is 3. The fourth-order valence-corrected chi connectivity index (χ4v) is 6.44. The second-order valence-corrected chi connectivity index (χ2v) is 16.8. The van der Waals surface area contributed by atoms with E-state index < -0.39 is 20.0 Å². The molecule has 0 heterocycles. The van der Waals surface area contributed by atoms with E-state index in [1.165, 1.54) is 109 Å². The number of phosphoric acid groups is 1. The van der Waals surface area contributed by atoms with Gasteiger partial charge < -0.3 is 19.8 Å². The first-order valence-electron chi connectivity index (χ1n) is 20.9. The summed E-state index contributed by atoms with van der Waals surface area (Å²) in [5, 5.41) is 13.5. The van der Waals surface area contributed by atoms with Crippen molar-refractivity contribution in [1.29, 1.82) is 0 Å². The maximum absolute atomic E-state index is 12.7. The van der Waals surface area contributed by atoms with E-state index >= 15 is 0 Å². The topological polar surface area (TPSA) is 105 Å². The number of carbonyl (C=O) groups is 1. The molecule has 9 heteroatoms. The van der Waals surface area contributed by atoms with Gasteiger partial charge in [-0.2, -0.15) is 0 Å². The van der Waals surface area contributed by atoms with Crippen molar-refractivity contribution in [3.05, 3.63) is 36.5 Å². The predicted molar refractivity (Wildman–Crippen MR) is 217 cm³/mol. The average Bonchev–Trinajstić information content (AvgIpc) is 3.07. The summed E-state index contributed by atoms with van der Waals surface area (Å²) in [6.45, 7) is 4.64. The SMILES string of the molecule is CCCC/C=C/C(O)C(COP(=O)(O)OCC[N+](C)(C)C)NC(=O)CCCCCCCCCCCCCCC/C=C\C/C=C\CCCCCCC. The van der Waals surface area contributed by atoms with E-state index in [4.69, 9.17) is 9.05 Å². The van der Waals surface area contributed by atoms with Crippen molar-refractivity contribution in [2.45, 2.75) is 187 Å². The number of unbranched alkanes of at least 4 members (excludes halogenated alkanes) is 20. The monoisotopic (exact) mass is 742 g/mol. The number of aliphatic hydroxyl groups is 1. The van der Waals surface area contributed by atoms with Crippen LogP contribution in [0.5, 0.6) is 0 Å². The summed E-state index contributed by atoms with van der Waals surface area (Å²) in [7, 11) is 1.56. The lowest BCUT2D eigenvalue weighted by Gasteiger charge is -2.25. The highest BCUT2D eigenvalue weighted by molar-refractivity contribution is 7.47. The summed E-state index contributed by atoms with van der Waals surface area (Å²) < 4.78 is 23.3. The van der Waals surface area contributed by atoms with Gasteiger partial charge in [-0.3, -0.25) is 13.8 Å². The number of nitrogens with zero attached hydrogens (tertiary/aromatic N) is 1. The first-order chi connectivity index (χ1) is 24.5. The number of allylic oxidation sites excluding steroid dienone is 5. The molecule has 3 atom stereocenters. The number of aliphatic hydroxyl groups excluding tert-OH is 1. The molecule has 0 fully saturated rings. The molecule has 0 saturated heterocycles. The average molecular weight is 742 g/mol. The summed E-state index contributed by atoms with van der Waals surface area (Å²) in [5.41, 5.74) is 0. The van der Waals surface area contributed by atoms with Crippen LogP contribution in [0, 0.1) is 0 Å².